The highest BCUT2D eigenvalue weighted by molar-refractivity contribution is 7.95. The van der Waals surface area contributed by atoms with Crippen molar-refractivity contribution in [1.82, 2.24) is 10.2 Å². The van der Waals surface area contributed by atoms with Gasteiger partial charge in [-0.3, -0.25) is 5.10 Å². The fourth-order valence-corrected chi connectivity index (χ4v) is 5.71. The summed E-state index contributed by atoms with van der Waals surface area (Å²) in [5, 5.41) is 10.7. The summed E-state index contributed by atoms with van der Waals surface area (Å²) in [5.41, 5.74) is 3.58. The molecule has 0 saturated heterocycles. The van der Waals surface area contributed by atoms with Crippen LogP contribution in [0.2, 0.25) is 5.02 Å². The third kappa shape index (κ3) is 3.02. The maximum atomic E-state index is 12.8. The van der Waals surface area contributed by atoms with E-state index in [1.165, 1.54) is 0 Å². The Morgan fingerprint density at radius 2 is 1.88 bits per heavy atom. The number of nitrogens with zero attached hydrogens (tertiary/aromatic N) is 2. The van der Waals surface area contributed by atoms with Crippen LogP contribution >= 0.6 is 11.6 Å². The molecule has 1 aromatic carbocycles. The van der Waals surface area contributed by atoms with E-state index >= 15 is 0 Å². The maximum Gasteiger partial charge on any atom is 0.178 e. The lowest BCUT2D eigenvalue weighted by molar-refractivity contribution is 0.600. The van der Waals surface area contributed by atoms with Crippen LogP contribution in [0.15, 0.2) is 39.9 Å². The first-order valence-electron chi connectivity index (χ1n) is 7.79. The number of aryl methyl sites for hydroxylation is 2. The zero-order valence-electron chi connectivity index (χ0n) is 14.1. The number of halogens is 1. The van der Waals surface area contributed by atoms with Crippen molar-refractivity contribution in [3.05, 3.63) is 67.2 Å². The molecule has 2 aromatic rings. The number of benzene rings is 1. The summed E-state index contributed by atoms with van der Waals surface area (Å²) in [7, 11) is -3.60. The van der Waals surface area contributed by atoms with Gasteiger partial charge in [0.2, 0.25) is 0 Å². The van der Waals surface area contributed by atoms with Crippen LogP contribution in [0.5, 0.6) is 0 Å². The second kappa shape index (κ2) is 6.38. The molecule has 0 spiro atoms. The van der Waals surface area contributed by atoms with Crippen LogP contribution in [0.3, 0.4) is 0 Å². The lowest BCUT2D eigenvalue weighted by atomic mass is 9.87. The van der Waals surface area contributed by atoms with E-state index in [0.717, 1.165) is 22.5 Å². The van der Waals surface area contributed by atoms with Crippen molar-refractivity contribution in [3.8, 4) is 0 Å². The monoisotopic (exact) mass is 379 g/mol. The number of hydrogen-bond donors (Lipinski definition) is 1. The summed E-state index contributed by atoms with van der Waals surface area (Å²) in [6, 6.07) is 6.21. The summed E-state index contributed by atoms with van der Waals surface area (Å²) < 4.78 is 25.7. The number of hydrogen-bond acceptors (Lipinski definition) is 5. The first-order valence-corrected chi connectivity index (χ1v) is 9.82. The molecule has 0 radical (unpaired) electrons. The third-order valence-electron chi connectivity index (χ3n) is 4.67. The highest BCUT2D eigenvalue weighted by Gasteiger charge is 2.42. The molecule has 3 rings (SSSR count). The number of nitroso groups, excluding NO2 is 1. The van der Waals surface area contributed by atoms with Crippen LogP contribution in [0.25, 0.3) is 0 Å². The molecule has 0 fully saturated rings. The van der Waals surface area contributed by atoms with Crippen molar-refractivity contribution < 1.29 is 8.42 Å². The predicted octanol–water partition coefficient (Wildman–Crippen LogP) is 3.65. The van der Waals surface area contributed by atoms with E-state index in [4.69, 9.17) is 11.6 Å². The fraction of sp³-hybridized carbons (Fsp3) is 0.353. The molecule has 2 heterocycles. The molecule has 2 unspecified atom stereocenters. The van der Waals surface area contributed by atoms with Gasteiger partial charge >= 0.3 is 0 Å². The molecule has 2 atom stereocenters. The molecule has 0 saturated carbocycles. The number of nitrogens with one attached hydrogen (secondary N) is 1. The summed E-state index contributed by atoms with van der Waals surface area (Å²) in [5.74, 6) is -0.828. The molecule has 1 aliphatic heterocycles. The Hall–Kier alpha value is -1.99. The zero-order valence-corrected chi connectivity index (χ0v) is 15.6. The normalized spacial score (nSPS) is 20.7. The van der Waals surface area contributed by atoms with Crippen LogP contribution in [-0.2, 0) is 9.84 Å². The molecule has 0 aliphatic carbocycles. The minimum absolute atomic E-state index is 0.243. The first kappa shape index (κ1) is 17.8. The maximum absolute atomic E-state index is 12.8. The van der Waals surface area contributed by atoms with Crippen molar-refractivity contribution in [3.63, 3.8) is 0 Å². The predicted molar refractivity (Wildman–Crippen MR) is 97.4 cm³/mol. The quantitative estimate of drug-likeness (QED) is 0.820. The van der Waals surface area contributed by atoms with Crippen molar-refractivity contribution in [1.29, 1.82) is 0 Å². The van der Waals surface area contributed by atoms with E-state index in [2.05, 4.69) is 15.4 Å². The Morgan fingerprint density at radius 1 is 1.24 bits per heavy atom. The molecule has 8 heteroatoms. The molecule has 1 N–H and O–H groups in total. The van der Waals surface area contributed by atoms with Gasteiger partial charge in [0.25, 0.3) is 0 Å². The molecule has 6 nitrogen and oxygen atoms in total. The molecule has 25 heavy (non-hydrogen) atoms. The third-order valence-corrected chi connectivity index (χ3v) is 6.90. The second-order valence-corrected chi connectivity index (χ2v) is 8.72. The smallest absolute Gasteiger partial charge is 0.178 e. The lowest BCUT2D eigenvalue weighted by Gasteiger charge is -2.20. The number of aromatic amines is 1. The standard InChI is InChI=1S/C17H18ClN3O3S/c1-9-14(21-22)8-25(23,24)17(9)16(12-4-6-13(18)7-5-12)15-10(2)19-20-11(15)3/h4-7,14,16H,8H2,1-3H3,(H,19,20). The highest BCUT2D eigenvalue weighted by Crippen LogP contribution is 2.43. The van der Waals surface area contributed by atoms with Crippen LogP contribution in [-0.4, -0.2) is 30.4 Å². The van der Waals surface area contributed by atoms with E-state index < -0.39 is 21.8 Å². The van der Waals surface area contributed by atoms with Crippen LogP contribution in [0.4, 0.5) is 0 Å². The number of rotatable bonds is 4. The van der Waals surface area contributed by atoms with Gasteiger partial charge in [-0.05, 0) is 44.0 Å². The van der Waals surface area contributed by atoms with Gasteiger partial charge in [-0.1, -0.05) is 28.9 Å². The van der Waals surface area contributed by atoms with E-state index in [9.17, 15) is 13.3 Å². The Labute approximate surface area is 151 Å². The first-order chi connectivity index (χ1) is 11.8. The van der Waals surface area contributed by atoms with Gasteiger partial charge in [0.15, 0.2) is 9.84 Å². The average Bonchev–Trinajstić information content (AvgIpc) is 3.00. The number of sulfone groups is 1. The average molecular weight is 380 g/mol. The SMILES string of the molecule is CC1=C(C(c2ccc(Cl)cc2)c2c(C)n[nH]c2C)S(=O)(=O)CC1N=O. The van der Waals surface area contributed by atoms with Gasteiger partial charge < -0.3 is 0 Å². The highest BCUT2D eigenvalue weighted by atomic mass is 35.5. The van der Waals surface area contributed by atoms with Gasteiger partial charge in [-0.15, -0.1) is 0 Å². The van der Waals surface area contributed by atoms with Gasteiger partial charge in [-0.2, -0.15) is 10.0 Å². The van der Waals surface area contributed by atoms with Crippen molar-refractivity contribution in [2.75, 3.05) is 5.75 Å². The second-order valence-electron chi connectivity index (χ2n) is 6.28. The Bertz CT molecular complexity index is 942. The molecule has 1 aliphatic rings. The molecule has 0 amide bonds. The molecule has 0 bridgehead atoms. The molecular weight excluding hydrogens is 362 g/mol. The Morgan fingerprint density at radius 3 is 2.36 bits per heavy atom. The minimum Gasteiger partial charge on any atom is -0.282 e. The van der Waals surface area contributed by atoms with Crippen molar-refractivity contribution in [2.24, 2.45) is 5.18 Å². The van der Waals surface area contributed by atoms with E-state index in [1.807, 2.05) is 13.8 Å². The van der Waals surface area contributed by atoms with Crippen molar-refractivity contribution >= 4 is 21.4 Å². The summed E-state index contributed by atoms with van der Waals surface area (Å²) in [6.45, 7) is 5.35. The molecule has 1 aromatic heterocycles. The summed E-state index contributed by atoms with van der Waals surface area (Å²) in [4.78, 5) is 11.3. The molecular formula is C17H18ClN3O3S. The number of H-pyrrole nitrogens is 1. The van der Waals surface area contributed by atoms with Gasteiger partial charge in [-0.25, -0.2) is 8.42 Å². The Kier molecular flexibility index (Phi) is 4.55. The van der Waals surface area contributed by atoms with E-state index in [1.54, 1.807) is 31.2 Å². The van der Waals surface area contributed by atoms with Crippen LogP contribution in [0.1, 0.15) is 35.4 Å². The van der Waals surface area contributed by atoms with E-state index in [-0.39, 0.29) is 10.7 Å². The van der Waals surface area contributed by atoms with Crippen molar-refractivity contribution in [2.45, 2.75) is 32.7 Å². The number of allylic oxidation sites excluding steroid dienone is 1. The largest absolute Gasteiger partial charge is 0.282 e. The van der Waals surface area contributed by atoms with Crippen LogP contribution in [0, 0.1) is 18.8 Å². The number of aromatic nitrogens is 2. The lowest BCUT2D eigenvalue weighted by Crippen LogP contribution is -2.15. The molecule has 132 valence electrons. The summed E-state index contributed by atoms with van der Waals surface area (Å²) in [6.07, 6.45) is 0. The van der Waals surface area contributed by atoms with Gasteiger partial charge in [0.05, 0.1) is 16.4 Å². The van der Waals surface area contributed by atoms with Gasteiger partial charge in [0.1, 0.15) is 6.04 Å². The van der Waals surface area contributed by atoms with Crippen LogP contribution < -0.4 is 0 Å². The van der Waals surface area contributed by atoms with Gasteiger partial charge in [0, 0.05) is 22.2 Å². The zero-order chi connectivity index (χ0) is 18.4. The van der Waals surface area contributed by atoms with E-state index in [0.29, 0.717) is 10.6 Å². The summed E-state index contributed by atoms with van der Waals surface area (Å²) >= 11 is 5.99. The Balaban J connectivity index is 2.31. The minimum atomic E-state index is -3.60. The fourth-order valence-electron chi connectivity index (χ4n) is 3.44. The topological polar surface area (TPSA) is 92.2 Å².